The monoisotopic (exact) mass is 598 g/mol. The molecule has 1 heterocycles. The van der Waals surface area contributed by atoms with E-state index in [1.807, 2.05) is 0 Å². The van der Waals surface area contributed by atoms with E-state index < -0.39 is 38.1 Å². The Kier molecular flexibility index (Phi) is 8.17. The summed E-state index contributed by atoms with van der Waals surface area (Å²) in [6.45, 7) is 3.47. The van der Waals surface area contributed by atoms with E-state index in [-0.39, 0.29) is 34.9 Å². The number of hydrogen-bond donors (Lipinski definition) is 2. The Morgan fingerprint density at radius 2 is 1.81 bits per heavy atom. The van der Waals surface area contributed by atoms with Gasteiger partial charge in [0.25, 0.3) is 5.56 Å². The molecule has 220 valence electrons. The number of nitrogens with two attached hydrogens (primary N) is 1. The van der Waals surface area contributed by atoms with Gasteiger partial charge in [0.15, 0.2) is 4.90 Å². The van der Waals surface area contributed by atoms with Crippen LogP contribution in [0.15, 0.2) is 87.4 Å². The average Bonchev–Trinajstić information content (AvgIpc) is 3.83. The molecule has 11 heteroatoms. The number of aromatic nitrogens is 2. The number of benzene rings is 3. The standard InChI is InChI=1S/C32H30N4O6S/c1-19(2)42-18-27-35-31(38)29(32(39)36(27)28(22-10-11-22)23-7-5-6-20(16-23)17-33)43(40,41)24-14-12-21(13-15-24)25-8-3-4-9-26(25)30(34)37/h3-9,12-16,19,22,28,38H,10-11,18H2,1-2H3,(H2,34,37)/t28-/m0/s1. The topological polar surface area (TPSA) is 165 Å². The number of aromatic hydroxyl groups is 1. The van der Waals surface area contributed by atoms with Gasteiger partial charge in [-0.25, -0.2) is 8.42 Å². The molecule has 3 aromatic carbocycles. The lowest BCUT2D eigenvalue weighted by atomic mass is 9.99. The van der Waals surface area contributed by atoms with Gasteiger partial charge >= 0.3 is 0 Å². The lowest BCUT2D eigenvalue weighted by Gasteiger charge is -2.25. The number of ether oxygens (including phenoxy) is 1. The molecule has 1 amide bonds. The van der Waals surface area contributed by atoms with E-state index in [4.69, 9.17) is 10.5 Å². The van der Waals surface area contributed by atoms with Gasteiger partial charge in [-0.15, -0.1) is 0 Å². The highest BCUT2D eigenvalue weighted by Gasteiger charge is 2.39. The number of primary amides is 1. The van der Waals surface area contributed by atoms with Gasteiger partial charge in [0.05, 0.1) is 28.7 Å². The summed E-state index contributed by atoms with van der Waals surface area (Å²) in [5.41, 5.74) is 6.96. The van der Waals surface area contributed by atoms with Crippen LogP contribution in [-0.4, -0.2) is 35.1 Å². The van der Waals surface area contributed by atoms with Crippen molar-refractivity contribution in [2.75, 3.05) is 0 Å². The third-order valence-corrected chi connectivity index (χ3v) is 9.10. The number of carbonyl (C=O) groups is 1. The zero-order valence-corrected chi connectivity index (χ0v) is 24.4. The van der Waals surface area contributed by atoms with Gasteiger partial charge in [0, 0.05) is 5.56 Å². The summed E-state index contributed by atoms with van der Waals surface area (Å²) in [7, 11) is -4.56. The summed E-state index contributed by atoms with van der Waals surface area (Å²) in [6, 6.07) is 20.6. The Morgan fingerprint density at radius 3 is 2.44 bits per heavy atom. The smallest absolute Gasteiger partial charge is 0.277 e. The second kappa shape index (κ2) is 11.8. The zero-order valence-electron chi connectivity index (χ0n) is 23.6. The van der Waals surface area contributed by atoms with Crippen molar-refractivity contribution in [3.05, 3.63) is 106 Å². The second-order valence-electron chi connectivity index (χ2n) is 10.7. The molecule has 0 spiro atoms. The lowest BCUT2D eigenvalue weighted by Crippen LogP contribution is -2.35. The van der Waals surface area contributed by atoms with E-state index in [1.54, 1.807) is 62.4 Å². The number of carbonyl (C=O) groups excluding carboxylic acids is 1. The van der Waals surface area contributed by atoms with Crippen molar-refractivity contribution in [2.45, 2.75) is 55.2 Å². The van der Waals surface area contributed by atoms with Crippen molar-refractivity contribution in [3.8, 4) is 23.1 Å². The van der Waals surface area contributed by atoms with Crippen molar-refractivity contribution >= 4 is 15.7 Å². The number of hydrogen-bond acceptors (Lipinski definition) is 8. The Balaban J connectivity index is 1.66. The largest absolute Gasteiger partial charge is 0.492 e. The lowest BCUT2D eigenvalue weighted by molar-refractivity contribution is 0.0571. The van der Waals surface area contributed by atoms with Crippen LogP contribution in [0.3, 0.4) is 0 Å². The van der Waals surface area contributed by atoms with Gasteiger partial charge in [-0.2, -0.15) is 10.2 Å². The van der Waals surface area contributed by atoms with Crippen LogP contribution in [0.4, 0.5) is 0 Å². The van der Waals surface area contributed by atoms with Crippen LogP contribution in [0.25, 0.3) is 11.1 Å². The van der Waals surface area contributed by atoms with E-state index in [1.165, 1.54) is 28.8 Å². The van der Waals surface area contributed by atoms with Crippen LogP contribution in [0.5, 0.6) is 5.88 Å². The molecule has 3 N–H and O–H groups in total. The summed E-state index contributed by atoms with van der Waals surface area (Å²) < 4.78 is 34.8. The van der Waals surface area contributed by atoms with Crippen molar-refractivity contribution in [2.24, 2.45) is 11.7 Å². The predicted octanol–water partition coefficient (Wildman–Crippen LogP) is 4.34. The molecule has 10 nitrogen and oxygen atoms in total. The molecule has 0 saturated heterocycles. The van der Waals surface area contributed by atoms with Crippen LogP contribution < -0.4 is 11.3 Å². The first-order chi connectivity index (χ1) is 20.5. The number of rotatable bonds is 10. The van der Waals surface area contributed by atoms with Gasteiger partial charge in [-0.1, -0.05) is 42.5 Å². The molecule has 0 radical (unpaired) electrons. The van der Waals surface area contributed by atoms with Crippen molar-refractivity contribution in [3.63, 3.8) is 0 Å². The summed E-state index contributed by atoms with van der Waals surface area (Å²) in [6.07, 6.45) is 1.35. The molecular weight excluding hydrogens is 568 g/mol. The molecule has 5 rings (SSSR count). The van der Waals surface area contributed by atoms with Crippen LogP contribution in [0.1, 0.15) is 60.0 Å². The summed E-state index contributed by atoms with van der Waals surface area (Å²) in [4.78, 5) is 29.2. The number of amides is 1. The number of nitriles is 1. The fourth-order valence-corrected chi connectivity index (χ4v) is 6.48. The number of sulfone groups is 1. The van der Waals surface area contributed by atoms with Crippen molar-refractivity contribution < 1.29 is 23.1 Å². The highest BCUT2D eigenvalue weighted by atomic mass is 32.2. The molecule has 0 bridgehead atoms. The highest BCUT2D eigenvalue weighted by Crippen LogP contribution is 2.44. The summed E-state index contributed by atoms with van der Waals surface area (Å²) >= 11 is 0. The van der Waals surface area contributed by atoms with Crippen LogP contribution >= 0.6 is 0 Å². The zero-order chi connectivity index (χ0) is 30.9. The Labute approximate surface area is 248 Å². The third-order valence-electron chi connectivity index (χ3n) is 7.32. The molecule has 1 atom stereocenters. The summed E-state index contributed by atoms with van der Waals surface area (Å²) in [5, 5.41) is 20.4. The average molecular weight is 599 g/mol. The quantitative estimate of drug-likeness (QED) is 0.272. The van der Waals surface area contributed by atoms with Crippen LogP contribution in [0.2, 0.25) is 0 Å². The molecule has 1 aromatic heterocycles. The van der Waals surface area contributed by atoms with Crippen molar-refractivity contribution in [1.29, 1.82) is 5.26 Å². The Hall–Kier alpha value is -4.79. The Bertz CT molecular complexity index is 1910. The molecule has 0 aliphatic heterocycles. The number of nitrogens with zero attached hydrogens (tertiary/aromatic N) is 3. The fourth-order valence-electron chi connectivity index (χ4n) is 5.13. The molecule has 1 aliphatic carbocycles. The molecule has 1 fully saturated rings. The maximum absolute atomic E-state index is 14.2. The minimum Gasteiger partial charge on any atom is -0.492 e. The van der Waals surface area contributed by atoms with E-state index in [9.17, 15) is 28.4 Å². The minimum atomic E-state index is -4.56. The molecular formula is C32H30N4O6S. The first-order valence-corrected chi connectivity index (χ1v) is 15.2. The molecule has 4 aromatic rings. The van der Waals surface area contributed by atoms with Gasteiger partial charge in [0.1, 0.15) is 12.4 Å². The first kappa shape index (κ1) is 29.7. The second-order valence-corrected chi connectivity index (χ2v) is 12.6. The van der Waals surface area contributed by atoms with E-state index in [0.29, 0.717) is 22.3 Å². The minimum absolute atomic E-state index is 0.00375. The molecule has 1 aliphatic rings. The highest BCUT2D eigenvalue weighted by molar-refractivity contribution is 7.91. The maximum Gasteiger partial charge on any atom is 0.277 e. The maximum atomic E-state index is 14.2. The van der Waals surface area contributed by atoms with E-state index in [0.717, 1.165) is 12.8 Å². The fraction of sp³-hybridized carbons (Fsp3) is 0.250. The van der Waals surface area contributed by atoms with Crippen LogP contribution in [0, 0.1) is 17.2 Å². The molecule has 0 unspecified atom stereocenters. The van der Waals surface area contributed by atoms with Gasteiger partial charge in [0.2, 0.25) is 21.6 Å². The van der Waals surface area contributed by atoms with Crippen LogP contribution in [-0.2, 0) is 21.2 Å². The molecule has 1 saturated carbocycles. The summed E-state index contributed by atoms with van der Waals surface area (Å²) in [5.74, 6) is -1.48. The SMILES string of the molecule is CC(C)OCc1nc(O)c(S(=O)(=O)c2ccc(-c3ccccc3C(N)=O)cc2)c(=O)n1[C@H](c1cccc(C#N)c1)C1CC1. The third kappa shape index (κ3) is 5.93. The Morgan fingerprint density at radius 1 is 1.12 bits per heavy atom. The normalized spacial score (nSPS) is 13.9. The van der Waals surface area contributed by atoms with E-state index in [2.05, 4.69) is 11.1 Å². The van der Waals surface area contributed by atoms with E-state index >= 15 is 0 Å². The van der Waals surface area contributed by atoms with Gasteiger partial charge in [-0.05, 0) is 79.6 Å². The van der Waals surface area contributed by atoms with Crippen molar-refractivity contribution in [1.82, 2.24) is 9.55 Å². The van der Waals surface area contributed by atoms with Gasteiger partial charge < -0.3 is 15.6 Å². The van der Waals surface area contributed by atoms with Gasteiger partial charge in [-0.3, -0.25) is 14.2 Å². The molecule has 43 heavy (non-hydrogen) atoms. The predicted molar refractivity (Wildman–Crippen MR) is 158 cm³/mol. The first-order valence-electron chi connectivity index (χ1n) is 13.7.